The minimum Gasteiger partial charge on any atom is -0.502 e. The van der Waals surface area contributed by atoms with Crippen molar-refractivity contribution in [2.75, 3.05) is 0 Å². The number of carboxylic acids is 1. The Kier molecular flexibility index (Phi) is 5.49. The normalized spacial score (nSPS) is 8.67. The van der Waals surface area contributed by atoms with Crippen molar-refractivity contribution in [1.82, 2.24) is 0 Å². The van der Waals surface area contributed by atoms with Gasteiger partial charge in [-0.2, -0.15) is 0 Å². The predicted octanol–water partition coefficient (Wildman–Crippen LogP) is 1.47. The maximum atomic E-state index is 10.2. The number of carboxylic acid groups (broad SMARTS) is 1. The Morgan fingerprint density at radius 3 is 2.11 bits per heavy atom. The van der Waals surface area contributed by atoms with Gasteiger partial charge in [0.25, 0.3) is 5.69 Å². The molecule has 0 amide bonds. The molecule has 1 rings (SSSR count). The lowest BCUT2D eigenvalue weighted by Crippen LogP contribution is -1.92. The molecule has 9 nitrogen and oxygen atoms in total. The molecule has 0 radical (unpaired) electrons. The summed E-state index contributed by atoms with van der Waals surface area (Å²) in [6, 6.07) is 2.61. The Morgan fingerprint density at radius 2 is 1.78 bits per heavy atom. The van der Waals surface area contributed by atoms with Gasteiger partial charge in [-0.25, -0.2) is 4.79 Å². The number of rotatable bonds is 3. The van der Waals surface area contributed by atoms with Gasteiger partial charge in [-0.1, -0.05) is 6.58 Å². The summed E-state index contributed by atoms with van der Waals surface area (Å²) in [5, 5.41) is 36.9. The van der Waals surface area contributed by atoms with Gasteiger partial charge in [-0.3, -0.25) is 20.2 Å². The number of nitro groups is 2. The molecule has 0 aliphatic carbocycles. The lowest BCUT2D eigenvalue weighted by molar-refractivity contribution is -0.394. The van der Waals surface area contributed by atoms with E-state index in [1.54, 1.807) is 0 Å². The van der Waals surface area contributed by atoms with Gasteiger partial charge in [-0.15, -0.1) is 0 Å². The van der Waals surface area contributed by atoms with Crippen LogP contribution in [0, 0.1) is 20.2 Å². The minimum absolute atomic E-state index is 0.426. The highest BCUT2D eigenvalue weighted by atomic mass is 16.6. The van der Waals surface area contributed by atoms with E-state index in [1.807, 2.05) is 0 Å². The molecular weight excluding hydrogens is 248 g/mol. The molecule has 0 heterocycles. The van der Waals surface area contributed by atoms with E-state index in [-0.39, 0.29) is 0 Å². The summed E-state index contributed by atoms with van der Waals surface area (Å²) >= 11 is 0. The van der Waals surface area contributed by atoms with E-state index in [9.17, 15) is 25.0 Å². The van der Waals surface area contributed by atoms with Crippen molar-refractivity contribution in [3.63, 3.8) is 0 Å². The van der Waals surface area contributed by atoms with Crippen molar-refractivity contribution in [3.8, 4) is 5.75 Å². The van der Waals surface area contributed by atoms with Crippen LogP contribution in [0.1, 0.15) is 0 Å². The van der Waals surface area contributed by atoms with Crippen molar-refractivity contribution in [2.45, 2.75) is 0 Å². The third-order valence-electron chi connectivity index (χ3n) is 1.54. The van der Waals surface area contributed by atoms with E-state index in [4.69, 9.17) is 10.2 Å². The second-order valence-electron chi connectivity index (χ2n) is 2.73. The lowest BCUT2D eigenvalue weighted by Gasteiger charge is -1.94. The lowest BCUT2D eigenvalue weighted by atomic mass is 10.2. The number of benzene rings is 1. The first-order valence-electron chi connectivity index (χ1n) is 4.26. The monoisotopic (exact) mass is 256 g/mol. The molecule has 0 aromatic heterocycles. The van der Waals surface area contributed by atoms with Crippen molar-refractivity contribution in [3.05, 3.63) is 51.1 Å². The minimum atomic E-state index is -0.981. The number of non-ortho nitro benzene ring substituents is 1. The second kappa shape index (κ2) is 6.58. The van der Waals surface area contributed by atoms with E-state index in [2.05, 4.69) is 6.58 Å². The summed E-state index contributed by atoms with van der Waals surface area (Å²) in [7, 11) is 0. The zero-order valence-corrected chi connectivity index (χ0v) is 8.85. The third kappa shape index (κ3) is 4.70. The molecular formula is C9H8N2O7. The fourth-order valence-corrected chi connectivity index (χ4v) is 0.772. The van der Waals surface area contributed by atoms with Crippen molar-refractivity contribution < 1.29 is 24.9 Å². The molecule has 0 bridgehead atoms. The second-order valence-corrected chi connectivity index (χ2v) is 2.73. The van der Waals surface area contributed by atoms with Crippen LogP contribution in [-0.2, 0) is 4.79 Å². The van der Waals surface area contributed by atoms with Gasteiger partial charge >= 0.3 is 11.7 Å². The van der Waals surface area contributed by atoms with Crippen LogP contribution in [0.5, 0.6) is 5.75 Å². The number of hydrogen-bond donors (Lipinski definition) is 2. The number of aliphatic carboxylic acids is 1. The molecule has 0 spiro atoms. The summed E-state index contributed by atoms with van der Waals surface area (Å²) in [5.74, 6) is -1.57. The summed E-state index contributed by atoms with van der Waals surface area (Å²) in [4.78, 5) is 28.0. The SMILES string of the molecule is C=CC(=O)O.O=[N+]([O-])c1ccc(O)c([N+](=O)[O-])c1. The molecule has 2 N–H and O–H groups in total. The Labute approximate surface area is 99.9 Å². The largest absolute Gasteiger partial charge is 0.502 e. The number of nitrogens with zero attached hydrogens (tertiary/aromatic N) is 2. The van der Waals surface area contributed by atoms with Gasteiger partial charge < -0.3 is 10.2 Å². The Morgan fingerprint density at radius 1 is 1.28 bits per heavy atom. The molecule has 18 heavy (non-hydrogen) atoms. The zero-order chi connectivity index (χ0) is 14.3. The highest BCUT2D eigenvalue weighted by Gasteiger charge is 2.18. The Hall–Kier alpha value is -2.97. The average molecular weight is 256 g/mol. The van der Waals surface area contributed by atoms with Crippen LogP contribution in [0.25, 0.3) is 0 Å². The van der Waals surface area contributed by atoms with E-state index in [0.29, 0.717) is 6.07 Å². The first-order chi connectivity index (χ1) is 8.29. The predicted molar refractivity (Wildman–Crippen MR) is 59.2 cm³/mol. The van der Waals surface area contributed by atoms with Crippen molar-refractivity contribution >= 4 is 17.3 Å². The maximum Gasteiger partial charge on any atom is 0.327 e. The first kappa shape index (κ1) is 15.0. The van der Waals surface area contributed by atoms with Crippen molar-refractivity contribution in [2.24, 2.45) is 0 Å². The highest BCUT2D eigenvalue weighted by Crippen LogP contribution is 2.29. The number of phenolic OH excluding ortho intramolecular Hbond substituents is 1. The topological polar surface area (TPSA) is 144 Å². The standard InChI is InChI=1S/C6H4N2O5.C3H4O2/c9-6-2-1-4(7(10)11)3-5(6)8(12)13;1-2-3(4)5/h1-3,9H;2H,1H2,(H,4,5). The van der Waals surface area contributed by atoms with Crippen LogP contribution >= 0.6 is 0 Å². The molecule has 1 aromatic carbocycles. The summed E-state index contributed by atoms with van der Waals surface area (Å²) in [5.41, 5.74) is -1.10. The number of nitro benzene ring substituents is 2. The quantitative estimate of drug-likeness (QED) is 0.473. The fourth-order valence-electron chi connectivity index (χ4n) is 0.772. The average Bonchev–Trinajstić information content (AvgIpc) is 2.29. The molecule has 0 saturated heterocycles. The number of carbonyl (C=O) groups is 1. The molecule has 0 atom stereocenters. The van der Waals surface area contributed by atoms with Crippen molar-refractivity contribution in [1.29, 1.82) is 0 Å². The molecule has 1 aromatic rings. The first-order valence-corrected chi connectivity index (χ1v) is 4.26. The van der Waals surface area contributed by atoms with Gasteiger partial charge in [-0.05, 0) is 6.07 Å². The van der Waals surface area contributed by atoms with Gasteiger partial charge in [0.1, 0.15) is 0 Å². The van der Waals surface area contributed by atoms with Gasteiger partial charge in [0.15, 0.2) is 5.75 Å². The number of hydrogen-bond acceptors (Lipinski definition) is 6. The summed E-state index contributed by atoms with van der Waals surface area (Å²) in [6.07, 6.45) is 0.833. The smallest absolute Gasteiger partial charge is 0.327 e. The van der Waals surface area contributed by atoms with E-state index in [1.165, 1.54) is 0 Å². The van der Waals surface area contributed by atoms with E-state index in [0.717, 1.165) is 18.2 Å². The number of phenols is 1. The van der Waals surface area contributed by atoms with Crippen LogP contribution in [0.2, 0.25) is 0 Å². The molecule has 0 aliphatic heterocycles. The van der Waals surface area contributed by atoms with E-state index >= 15 is 0 Å². The van der Waals surface area contributed by atoms with Gasteiger partial charge in [0.05, 0.1) is 15.9 Å². The third-order valence-corrected chi connectivity index (χ3v) is 1.54. The van der Waals surface area contributed by atoms with Crippen LogP contribution < -0.4 is 0 Å². The van der Waals surface area contributed by atoms with Gasteiger partial charge in [0.2, 0.25) is 0 Å². The Bertz CT molecular complexity index is 498. The zero-order valence-electron chi connectivity index (χ0n) is 8.85. The van der Waals surface area contributed by atoms with Gasteiger partial charge in [0, 0.05) is 12.1 Å². The molecule has 0 fully saturated rings. The Balaban J connectivity index is 0.000000494. The highest BCUT2D eigenvalue weighted by molar-refractivity contribution is 5.78. The van der Waals surface area contributed by atoms with Crippen LogP contribution in [0.3, 0.4) is 0 Å². The molecule has 0 saturated carbocycles. The van der Waals surface area contributed by atoms with Crippen LogP contribution in [0.4, 0.5) is 11.4 Å². The molecule has 9 heteroatoms. The maximum absolute atomic E-state index is 10.2. The van der Waals surface area contributed by atoms with Crippen LogP contribution in [-0.4, -0.2) is 26.0 Å². The van der Waals surface area contributed by atoms with Crippen LogP contribution in [0.15, 0.2) is 30.9 Å². The molecule has 96 valence electrons. The fraction of sp³-hybridized carbons (Fsp3) is 0. The summed E-state index contributed by atoms with van der Waals surface area (Å²) in [6.45, 7) is 2.96. The molecule has 0 aliphatic rings. The molecule has 0 unspecified atom stereocenters. The summed E-state index contributed by atoms with van der Waals surface area (Å²) < 4.78 is 0. The number of aromatic hydroxyl groups is 1. The van der Waals surface area contributed by atoms with E-state index < -0.39 is 32.9 Å².